The van der Waals surface area contributed by atoms with E-state index in [4.69, 9.17) is 10.7 Å². The molecule has 2 N–H and O–H groups in total. The number of benzene rings is 1. The molecule has 1 aliphatic heterocycles. The van der Waals surface area contributed by atoms with Gasteiger partial charge in [-0.05, 0) is 36.6 Å². The van der Waals surface area contributed by atoms with Gasteiger partial charge in [-0.3, -0.25) is 9.30 Å². The summed E-state index contributed by atoms with van der Waals surface area (Å²) in [7, 11) is 0. The lowest BCUT2D eigenvalue weighted by atomic mass is 10.1. The summed E-state index contributed by atoms with van der Waals surface area (Å²) in [6, 6.07) is 14.8. The Hall–Kier alpha value is -2.83. The summed E-state index contributed by atoms with van der Waals surface area (Å²) in [6.07, 6.45) is 3.19. The summed E-state index contributed by atoms with van der Waals surface area (Å²) in [6.45, 7) is 4.99. The van der Waals surface area contributed by atoms with Crippen LogP contribution in [0.5, 0.6) is 0 Å². The van der Waals surface area contributed by atoms with Crippen LogP contribution in [-0.4, -0.2) is 43.6 Å². The molecule has 6 heteroatoms. The lowest BCUT2D eigenvalue weighted by molar-refractivity contribution is 0.326. The molecule has 1 aliphatic rings. The zero-order valence-electron chi connectivity index (χ0n) is 15.3. The van der Waals surface area contributed by atoms with Gasteiger partial charge in [-0.25, -0.2) is 4.98 Å². The van der Waals surface area contributed by atoms with Crippen LogP contribution >= 0.6 is 0 Å². The molecule has 27 heavy (non-hydrogen) atoms. The van der Waals surface area contributed by atoms with Crippen molar-refractivity contribution in [2.75, 3.05) is 13.1 Å². The fourth-order valence-electron chi connectivity index (χ4n) is 3.89. The number of nitrogens with zero attached hydrogens (tertiary/aromatic N) is 5. The third kappa shape index (κ3) is 2.97. The van der Waals surface area contributed by atoms with Crippen LogP contribution in [0.1, 0.15) is 17.5 Å². The quantitative estimate of drug-likeness (QED) is 0.610. The second-order valence-electron chi connectivity index (χ2n) is 7.42. The average Bonchev–Trinajstić information content (AvgIpc) is 3.28. The van der Waals surface area contributed by atoms with Gasteiger partial charge in [0.2, 0.25) is 0 Å². The number of hydrogen-bond donors (Lipinski definition) is 1. The molecule has 4 aromatic rings. The first-order chi connectivity index (χ1) is 13.2. The van der Waals surface area contributed by atoms with Crippen LogP contribution in [-0.2, 0) is 6.54 Å². The zero-order chi connectivity index (χ0) is 18.4. The fourth-order valence-corrected chi connectivity index (χ4v) is 3.89. The molecule has 4 heterocycles. The van der Waals surface area contributed by atoms with Crippen LogP contribution < -0.4 is 5.73 Å². The Balaban J connectivity index is 1.55. The summed E-state index contributed by atoms with van der Waals surface area (Å²) in [5, 5.41) is 9.86. The van der Waals surface area contributed by atoms with E-state index in [-0.39, 0.29) is 0 Å². The Kier molecular flexibility index (Phi) is 3.88. The summed E-state index contributed by atoms with van der Waals surface area (Å²) in [4.78, 5) is 7.26. The zero-order valence-corrected chi connectivity index (χ0v) is 15.3. The number of nitrogens with two attached hydrogens (primary N) is 1. The van der Waals surface area contributed by atoms with E-state index in [2.05, 4.69) is 58.5 Å². The Labute approximate surface area is 157 Å². The molecule has 0 amide bonds. The summed E-state index contributed by atoms with van der Waals surface area (Å²) >= 11 is 0. The predicted octanol–water partition coefficient (Wildman–Crippen LogP) is 2.79. The van der Waals surface area contributed by atoms with Gasteiger partial charge in [-0.15, -0.1) is 10.2 Å². The monoisotopic (exact) mass is 358 g/mol. The molecular weight excluding hydrogens is 336 g/mol. The van der Waals surface area contributed by atoms with E-state index in [9.17, 15) is 0 Å². The molecule has 1 unspecified atom stereocenters. The second-order valence-corrected chi connectivity index (χ2v) is 7.42. The predicted molar refractivity (Wildman–Crippen MR) is 106 cm³/mol. The van der Waals surface area contributed by atoms with Crippen molar-refractivity contribution in [2.45, 2.75) is 25.9 Å². The van der Waals surface area contributed by atoms with Gasteiger partial charge in [-0.1, -0.05) is 30.3 Å². The molecule has 0 radical (unpaired) electrons. The first-order valence-electron chi connectivity index (χ1n) is 9.36. The van der Waals surface area contributed by atoms with Crippen molar-refractivity contribution in [1.29, 1.82) is 0 Å². The highest BCUT2D eigenvalue weighted by molar-refractivity contribution is 5.83. The maximum absolute atomic E-state index is 6.04. The van der Waals surface area contributed by atoms with Crippen LogP contribution in [0.25, 0.3) is 28.1 Å². The maximum atomic E-state index is 6.04. The van der Waals surface area contributed by atoms with E-state index in [1.54, 1.807) is 0 Å². The Morgan fingerprint density at radius 1 is 1.11 bits per heavy atom. The van der Waals surface area contributed by atoms with Crippen LogP contribution in [0.2, 0.25) is 0 Å². The molecule has 0 bridgehead atoms. The lowest BCUT2D eigenvalue weighted by Crippen LogP contribution is -2.26. The minimum absolute atomic E-state index is 0.296. The van der Waals surface area contributed by atoms with E-state index in [1.165, 1.54) is 5.56 Å². The smallest absolute Gasteiger partial charge is 0.187 e. The SMILES string of the molecule is Cc1cccc2ccc(-c3nnc4ccc(CN5CCC(N)C5)cn34)nc12. The van der Waals surface area contributed by atoms with Crippen molar-refractivity contribution in [3.05, 3.63) is 59.8 Å². The van der Waals surface area contributed by atoms with E-state index in [0.29, 0.717) is 6.04 Å². The van der Waals surface area contributed by atoms with Crippen molar-refractivity contribution in [1.82, 2.24) is 24.5 Å². The molecule has 6 nitrogen and oxygen atoms in total. The molecule has 0 saturated carbocycles. The standard InChI is InChI=1S/C21H22N6/c1-14-3-2-4-16-6-7-18(23-20(14)16)21-25-24-19-8-5-15(12-27(19)21)11-26-10-9-17(22)13-26/h2-8,12,17H,9-11,13,22H2,1H3. The first-order valence-corrected chi connectivity index (χ1v) is 9.36. The van der Waals surface area contributed by atoms with Gasteiger partial charge < -0.3 is 5.73 Å². The molecule has 1 fully saturated rings. The van der Waals surface area contributed by atoms with Gasteiger partial charge in [0, 0.05) is 37.3 Å². The third-order valence-corrected chi connectivity index (χ3v) is 5.33. The van der Waals surface area contributed by atoms with Crippen molar-refractivity contribution >= 4 is 16.6 Å². The van der Waals surface area contributed by atoms with Gasteiger partial charge in [0.25, 0.3) is 0 Å². The van der Waals surface area contributed by atoms with E-state index < -0.39 is 0 Å². The molecule has 0 aliphatic carbocycles. The highest BCUT2D eigenvalue weighted by Gasteiger charge is 2.19. The molecule has 1 atom stereocenters. The lowest BCUT2D eigenvalue weighted by Gasteiger charge is -2.15. The minimum atomic E-state index is 0.296. The number of aromatic nitrogens is 4. The maximum Gasteiger partial charge on any atom is 0.187 e. The molecule has 3 aromatic heterocycles. The molecule has 1 saturated heterocycles. The third-order valence-electron chi connectivity index (χ3n) is 5.33. The van der Waals surface area contributed by atoms with Crippen molar-refractivity contribution < 1.29 is 0 Å². The highest BCUT2D eigenvalue weighted by atomic mass is 15.3. The Morgan fingerprint density at radius 2 is 2.04 bits per heavy atom. The van der Waals surface area contributed by atoms with Gasteiger partial charge in [0.15, 0.2) is 11.5 Å². The van der Waals surface area contributed by atoms with Crippen molar-refractivity contribution in [3.63, 3.8) is 0 Å². The molecule has 136 valence electrons. The van der Waals surface area contributed by atoms with E-state index in [0.717, 1.165) is 59.7 Å². The van der Waals surface area contributed by atoms with Gasteiger partial charge in [0.1, 0.15) is 5.69 Å². The summed E-state index contributed by atoms with van der Waals surface area (Å²) in [5.74, 6) is 0.773. The number of hydrogen-bond acceptors (Lipinski definition) is 5. The van der Waals surface area contributed by atoms with E-state index >= 15 is 0 Å². The molecular formula is C21H22N6. The Morgan fingerprint density at radius 3 is 2.89 bits per heavy atom. The fraction of sp³-hybridized carbons (Fsp3) is 0.286. The van der Waals surface area contributed by atoms with Crippen LogP contribution in [0.15, 0.2) is 48.7 Å². The number of pyridine rings is 2. The minimum Gasteiger partial charge on any atom is -0.326 e. The van der Waals surface area contributed by atoms with Crippen LogP contribution in [0.4, 0.5) is 0 Å². The number of likely N-dealkylation sites (tertiary alicyclic amines) is 1. The van der Waals surface area contributed by atoms with Crippen molar-refractivity contribution in [2.24, 2.45) is 5.73 Å². The average molecular weight is 358 g/mol. The largest absolute Gasteiger partial charge is 0.326 e. The Bertz CT molecular complexity index is 1130. The number of rotatable bonds is 3. The molecule has 0 spiro atoms. The normalized spacial score (nSPS) is 17.9. The molecule has 1 aromatic carbocycles. The van der Waals surface area contributed by atoms with Crippen LogP contribution in [0, 0.1) is 6.92 Å². The highest BCUT2D eigenvalue weighted by Crippen LogP contribution is 2.23. The number of fused-ring (bicyclic) bond motifs is 2. The van der Waals surface area contributed by atoms with Gasteiger partial charge in [0.05, 0.1) is 5.52 Å². The second kappa shape index (κ2) is 6.40. The van der Waals surface area contributed by atoms with Gasteiger partial charge >= 0.3 is 0 Å². The van der Waals surface area contributed by atoms with Gasteiger partial charge in [-0.2, -0.15) is 0 Å². The van der Waals surface area contributed by atoms with Crippen LogP contribution in [0.3, 0.4) is 0 Å². The topological polar surface area (TPSA) is 72.3 Å². The summed E-state index contributed by atoms with van der Waals surface area (Å²) < 4.78 is 2.04. The first kappa shape index (κ1) is 16.4. The number of para-hydroxylation sites is 1. The molecule has 5 rings (SSSR count). The summed E-state index contributed by atoms with van der Waals surface area (Å²) in [5.41, 5.74) is 11.1. The van der Waals surface area contributed by atoms with E-state index in [1.807, 2.05) is 16.5 Å². The van der Waals surface area contributed by atoms with Crippen molar-refractivity contribution in [3.8, 4) is 11.5 Å². The number of aryl methyl sites for hydroxylation is 1.